The van der Waals surface area contributed by atoms with E-state index in [2.05, 4.69) is 49.9 Å². The molecule has 0 amide bonds. The van der Waals surface area contributed by atoms with E-state index in [1.807, 2.05) is 12.2 Å². The molecular formula is C22H29NO2. The van der Waals surface area contributed by atoms with Gasteiger partial charge in [-0.1, -0.05) is 31.2 Å². The van der Waals surface area contributed by atoms with Crippen molar-refractivity contribution in [3.05, 3.63) is 59.2 Å². The summed E-state index contributed by atoms with van der Waals surface area (Å²) in [5.74, 6) is -0.911. The second-order valence-corrected chi connectivity index (χ2v) is 6.87. The Morgan fingerprint density at radius 3 is 2.76 bits per heavy atom. The van der Waals surface area contributed by atoms with Gasteiger partial charge in [0.1, 0.15) is 0 Å². The van der Waals surface area contributed by atoms with E-state index >= 15 is 0 Å². The van der Waals surface area contributed by atoms with Crippen molar-refractivity contribution in [2.24, 2.45) is 0 Å². The van der Waals surface area contributed by atoms with Crippen LogP contribution in [0.4, 0.5) is 5.69 Å². The minimum Gasteiger partial charge on any atom is -0.478 e. The highest BCUT2D eigenvalue weighted by molar-refractivity contribution is 5.81. The van der Waals surface area contributed by atoms with Crippen molar-refractivity contribution in [3.8, 4) is 0 Å². The lowest BCUT2D eigenvalue weighted by atomic mass is 9.94. The number of hydrogen-bond acceptors (Lipinski definition) is 2. The first-order valence-corrected chi connectivity index (χ1v) is 9.10. The van der Waals surface area contributed by atoms with Crippen LogP contribution in [0.5, 0.6) is 0 Å². The molecule has 0 fully saturated rings. The summed E-state index contributed by atoms with van der Waals surface area (Å²) in [5.41, 5.74) is 6.07. The molecule has 0 aliphatic carbocycles. The van der Waals surface area contributed by atoms with Gasteiger partial charge >= 0.3 is 5.97 Å². The SMILES string of the molecule is CCC(=CC=CC(C)=CC(=O)O)c1ccc2c(c1)CCCN2C(C)C. The Hall–Kier alpha value is -2.29. The maximum atomic E-state index is 10.7. The molecule has 1 aromatic carbocycles. The number of carbonyl (C=O) groups is 1. The van der Waals surface area contributed by atoms with Gasteiger partial charge in [0, 0.05) is 24.4 Å². The highest BCUT2D eigenvalue weighted by Crippen LogP contribution is 2.32. The van der Waals surface area contributed by atoms with Crippen LogP contribution in [-0.2, 0) is 11.2 Å². The molecule has 1 aliphatic rings. The zero-order valence-electron chi connectivity index (χ0n) is 15.7. The van der Waals surface area contributed by atoms with Gasteiger partial charge in [-0.15, -0.1) is 0 Å². The van der Waals surface area contributed by atoms with E-state index < -0.39 is 5.97 Å². The molecule has 1 heterocycles. The summed E-state index contributed by atoms with van der Waals surface area (Å²) in [6.07, 6.45) is 10.4. The van der Waals surface area contributed by atoms with Gasteiger partial charge in [-0.3, -0.25) is 0 Å². The average molecular weight is 339 g/mol. The molecule has 0 saturated heterocycles. The summed E-state index contributed by atoms with van der Waals surface area (Å²) in [5, 5.41) is 8.76. The van der Waals surface area contributed by atoms with Gasteiger partial charge in [0.2, 0.25) is 0 Å². The number of rotatable bonds is 6. The Bertz CT molecular complexity index is 711. The number of anilines is 1. The molecule has 0 bridgehead atoms. The number of nitrogens with zero attached hydrogens (tertiary/aromatic N) is 1. The quantitative estimate of drug-likeness (QED) is 0.570. The predicted octanol–water partition coefficient (Wildman–Crippen LogP) is 5.23. The lowest BCUT2D eigenvalue weighted by Gasteiger charge is -2.35. The van der Waals surface area contributed by atoms with Gasteiger partial charge in [0.15, 0.2) is 0 Å². The predicted molar refractivity (Wildman–Crippen MR) is 106 cm³/mol. The molecule has 1 aliphatic heterocycles. The third-order valence-corrected chi connectivity index (χ3v) is 4.62. The first-order valence-electron chi connectivity index (χ1n) is 9.10. The van der Waals surface area contributed by atoms with E-state index in [1.165, 1.54) is 34.9 Å². The highest BCUT2D eigenvalue weighted by Gasteiger charge is 2.19. The number of carboxylic acids is 1. The fourth-order valence-electron chi connectivity index (χ4n) is 3.34. The van der Waals surface area contributed by atoms with Crippen LogP contribution in [0.25, 0.3) is 5.57 Å². The molecule has 2 rings (SSSR count). The summed E-state index contributed by atoms with van der Waals surface area (Å²) in [6.45, 7) is 9.58. The third kappa shape index (κ3) is 5.09. The number of aliphatic carboxylic acids is 1. The zero-order valence-corrected chi connectivity index (χ0v) is 15.7. The van der Waals surface area contributed by atoms with Crippen LogP contribution < -0.4 is 4.90 Å². The first kappa shape index (κ1) is 19.0. The Morgan fingerprint density at radius 2 is 2.12 bits per heavy atom. The number of hydrogen-bond donors (Lipinski definition) is 1. The number of carboxylic acid groups (broad SMARTS) is 1. The van der Waals surface area contributed by atoms with Crippen LogP contribution in [0.15, 0.2) is 48.1 Å². The number of fused-ring (bicyclic) bond motifs is 1. The van der Waals surface area contributed by atoms with Crippen molar-refractivity contribution in [2.75, 3.05) is 11.4 Å². The maximum Gasteiger partial charge on any atom is 0.328 e. The summed E-state index contributed by atoms with van der Waals surface area (Å²) in [4.78, 5) is 13.1. The average Bonchev–Trinajstić information content (AvgIpc) is 2.57. The van der Waals surface area contributed by atoms with Crippen molar-refractivity contribution in [3.63, 3.8) is 0 Å². The molecule has 0 radical (unpaired) electrons. The van der Waals surface area contributed by atoms with Crippen LogP contribution in [0.3, 0.4) is 0 Å². The summed E-state index contributed by atoms with van der Waals surface area (Å²) < 4.78 is 0. The molecule has 3 nitrogen and oxygen atoms in total. The Morgan fingerprint density at radius 1 is 1.36 bits per heavy atom. The summed E-state index contributed by atoms with van der Waals surface area (Å²) >= 11 is 0. The number of allylic oxidation sites excluding steroid dienone is 5. The van der Waals surface area contributed by atoms with Gasteiger partial charge in [-0.05, 0) is 74.4 Å². The molecule has 1 aromatic rings. The lowest BCUT2D eigenvalue weighted by Crippen LogP contribution is -2.35. The molecule has 0 saturated carbocycles. The van der Waals surface area contributed by atoms with E-state index in [4.69, 9.17) is 5.11 Å². The van der Waals surface area contributed by atoms with Crippen LogP contribution in [-0.4, -0.2) is 23.7 Å². The van der Waals surface area contributed by atoms with Crippen LogP contribution >= 0.6 is 0 Å². The van der Waals surface area contributed by atoms with Gasteiger partial charge in [0.05, 0.1) is 0 Å². The molecule has 3 heteroatoms. The molecule has 134 valence electrons. The molecule has 25 heavy (non-hydrogen) atoms. The monoisotopic (exact) mass is 339 g/mol. The van der Waals surface area contributed by atoms with Crippen LogP contribution in [0.2, 0.25) is 0 Å². The Balaban J connectivity index is 2.25. The Labute approximate surface area is 151 Å². The van der Waals surface area contributed by atoms with Gasteiger partial charge in [0.25, 0.3) is 0 Å². The molecule has 0 spiro atoms. The first-order chi connectivity index (χ1) is 11.9. The van der Waals surface area contributed by atoms with Gasteiger partial charge < -0.3 is 10.0 Å². The normalized spacial score (nSPS) is 15.8. The molecule has 0 aromatic heterocycles. The van der Waals surface area contributed by atoms with Crippen LogP contribution in [0, 0.1) is 0 Å². The standard InChI is InChI=1S/C22H29NO2/c1-5-18(9-6-8-17(4)14-22(24)25)19-11-12-21-20(15-19)10-7-13-23(21)16(2)3/h6,8-9,11-12,14-16H,5,7,10,13H2,1-4H3,(H,24,25). The molecular weight excluding hydrogens is 310 g/mol. The van der Waals surface area contributed by atoms with E-state index in [9.17, 15) is 4.79 Å². The maximum absolute atomic E-state index is 10.7. The van der Waals surface area contributed by atoms with Crippen LogP contribution in [0.1, 0.15) is 51.7 Å². The fourth-order valence-corrected chi connectivity index (χ4v) is 3.34. The second-order valence-electron chi connectivity index (χ2n) is 6.87. The van der Waals surface area contributed by atoms with E-state index in [0.29, 0.717) is 6.04 Å². The van der Waals surface area contributed by atoms with Gasteiger partial charge in [-0.25, -0.2) is 4.79 Å². The van der Waals surface area contributed by atoms with Crippen molar-refractivity contribution >= 4 is 17.2 Å². The third-order valence-electron chi connectivity index (χ3n) is 4.62. The zero-order chi connectivity index (χ0) is 18.4. The highest BCUT2D eigenvalue weighted by atomic mass is 16.4. The fraction of sp³-hybridized carbons (Fsp3) is 0.409. The minimum absolute atomic E-state index is 0.526. The number of benzene rings is 1. The van der Waals surface area contributed by atoms with Crippen molar-refractivity contribution in [1.82, 2.24) is 0 Å². The number of aryl methyl sites for hydroxylation is 1. The topological polar surface area (TPSA) is 40.5 Å². The van der Waals surface area contributed by atoms with Crippen molar-refractivity contribution in [2.45, 2.75) is 53.0 Å². The van der Waals surface area contributed by atoms with E-state index in [0.717, 1.165) is 25.0 Å². The van der Waals surface area contributed by atoms with Gasteiger partial charge in [-0.2, -0.15) is 0 Å². The smallest absolute Gasteiger partial charge is 0.328 e. The second kappa shape index (κ2) is 8.70. The van der Waals surface area contributed by atoms with E-state index in [1.54, 1.807) is 6.92 Å². The molecule has 1 N–H and O–H groups in total. The largest absolute Gasteiger partial charge is 0.478 e. The van der Waals surface area contributed by atoms with Crippen molar-refractivity contribution in [1.29, 1.82) is 0 Å². The molecule has 0 unspecified atom stereocenters. The minimum atomic E-state index is -0.911. The van der Waals surface area contributed by atoms with Crippen molar-refractivity contribution < 1.29 is 9.90 Å². The Kier molecular flexibility index (Phi) is 6.63. The van der Waals surface area contributed by atoms with E-state index in [-0.39, 0.29) is 0 Å². The summed E-state index contributed by atoms with van der Waals surface area (Å²) in [7, 11) is 0. The molecule has 0 atom stereocenters. The summed E-state index contributed by atoms with van der Waals surface area (Å²) in [6, 6.07) is 7.32. The lowest BCUT2D eigenvalue weighted by molar-refractivity contribution is -0.131.